The van der Waals surface area contributed by atoms with E-state index in [0.29, 0.717) is 10.0 Å². The molecule has 0 radical (unpaired) electrons. The zero-order valence-electron chi connectivity index (χ0n) is 22.4. The van der Waals surface area contributed by atoms with Crippen molar-refractivity contribution in [2.24, 2.45) is 5.92 Å². The van der Waals surface area contributed by atoms with Gasteiger partial charge in [-0.1, -0.05) is 30.1 Å². The fraction of sp³-hybridized carbons (Fsp3) is 0.188. The molecule has 6 rings (SSSR count). The number of nitrogens with one attached hydrogen (secondary N) is 2. The van der Waals surface area contributed by atoms with E-state index in [0.717, 1.165) is 79.6 Å². The summed E-state index contributed by atoms with van der Waals surface area (Å²) in [4.78, 5) is 9.68. The minimum atomic E-state index is 0.271. The van der Waals surface area contributed by atoms with E-state index >= 15 is 0 Å². The van der Waals surface area contributed by atoms with Gasteiger partial charge in [0.25, 0.3) is 0 Å². The predicted octanol–water partition coefficient (Wildman–Crippen LogP) is 8.57. The first kappa shape index (κ1) is 26.2. The average molecular weight is 572 g/mol. The van der Waals surface area contributed by atoms with Crippen LogP contribution in [-0.4, -0.2) is 37.3 Å². The van der Waals surface area contributed by atoms with E-state index in [2.05, 4.69) is 17.6 Å². The Bertz CT molecular complexity index is 1760. The predicted molar refractivity (Wildman–Crippen MR) is 168 cm³/mol. The molecule has 40 heavy (non-hydrogen) atoms. The maximum Gasteiger partial charge on any atom is 0.119 e. The summed E-state index contributed by atoms with van der Waals surface area (Å²) in [7, 11) is 3.35. The molecule has 2 aromatic heterocycles. The second-order valence-corrected chi connectivity index (χ2v) is 10.8. The Morgan fingerprint density at radius 2 is 1.05 bits per heavy atom. The van der Waals surface area contributed by atoms with Crippen LogP contribution in [0.2, 0.25) is 10.0 Å². The third-order valence-electron chi connectivity index (χ3n) is 7.14. The van der Waals surface area contributed by atoms with Gasteiger partial charge in [-0.2, -0.15) is 0 Å². The van der Waals surface area contributed by atoms with Gasteiger partial charge in [-0.15, -0.1) is 0 Å². The standard InChI is InChI=1S/C32H28Cl2N4O2/c1-18(16-35-31-23-8-4-19(33)12-29(23)37-27-10-6-21(39-2)14-25(27)31)17-36-32-24-9-5-20(34)13-30(24)38-28-11-7-22(40-3)15-26(28)32/h4-15,18H,16-17H2,1-3H3,(H,35,37)(H,36,38). The minimum Gasteiger partial charge on any atom is -0.497 e. The van der Waals surface area contributed by atoms with E-state index in [1.165, 1.54) is 0 Å². The molecule has 4 aromatic carbocycles. The molecule has 202 valence electrons. The lowest BCUT2D eigenvalue weighted by molar-refractivity contribution is 0.415. The van der Waals surface area contributed by atoms with Crippen LogP contribution >= 0.6 is 23.2 Å². The second-order valence-electron chi connectivity index (χ2n) is 9.93. The van der Waals surface area contributed by atoms with E-state index < -0.39 is 0 Å². The molecule has 8 heteroatoms. The Morgan fingerprint density at radius 1 is 0.600 bits per heavy atom. The van der Waals surface area contributed by atoms with Crippen molar-refractivity contribution in [2.75, 3.05) is 37.9 Å². The number of anilines is 2. The zero-order valence-corrected chi connectivity index (χ0v) is 23.9. The molecular weight excluding hydrogens is 543 g/mol. The average Bonchev–Trinajstić information content (AvgIpc) is 2.96. The molecule has 0 unspecified atom stereocenters. The van der Waals surface area contributed by atoms with Crippen LogP contribution in [0.1, 0.15) is 6.92 Å². The van der Waals surface area contributed by atoms with Gasteiger partial charge in [-0.05, 0) is 78.7 Å². The largest absolute Gasteiger partial charge is 0.497 e. The van der Waals surface area contributed by atoms with Gasteiger partial charge in [0, 0.05) is 44.7 Å². The highest BCUT2D eigenvalue weighted by Gasteiger charge is 2.15. The normalized spacial score (nSPS) is 11.6. The monoisotopic (exact) mass is 570 g/mol. The number of nitrogens with zero attached hydrogens (tertiary/aromatic N) is 2. The van der Waals surface area contributed by atoms with Crippen molar-refractivity contribution < 1.29 is 9.47 Å². The summed E-state index contributed by atoms with van der Waals surface area (Å²) in [5.74, 6) is 1.84. The van der Waals surface area contributed by atoms with Crippen LogP contribution in [0.4, 0.5) is 11.4 Å². The Kier molecular flexibility index (Phi) is 7.13. The minimum absolute atomic E-state index is 0.271. The number of ether oxygens (including phenoxy) is 2. The van der Waals surface area contributed by atoms with Crippen LogP contribution in [0, 0.1) is 5.92 Å². The SMILES string of the molecule is COc1ccc2nc3cc(Cl)ccc3c(NCC(C)CNc3c4ccc(Cl)cc4nc4ccc(OC)cc34)c2c1. The molecule has 0 aliphatic carbocycles. The van der Waals surface area contributed by atoms with Crippen molar-refractivity contribution in [1.82, 2.24) is 9.97 Å². The fourth-order valence-electron chi connectivity index (χ4n) is 5.05. The number of hydrogen-bond acceptors (Lipinski definition) is 6. The topological polar surface area (TPSA) is 68.3 Å². The van der Waals surface area contributed by atoms with Crippen molar-refractivity contribution in [3.63, 3.8) is 0 Å². The Labute approximate surface area is 242 Å². The molecule has 0 spiro atoms. The number of aromatic nitrogens is 2. The van der Waals surface area contributed by atoms with Gasteiger partial charge in [0.1, 0.15) is 11.5 Å². The van der Waals surface area contributed by atoms with Gasteiger partial charge in [-0.25, -0.2) is 9.97 Å². The van der Waals surface area contributed by atoms with Crippen molar-refractivity contribution in [2.45, 2.75) is 6.92 Å². The van der Waals surface area contributed by atoms with Crippen LogP contribution in [0.25, 0.3) is 43.6 Å². The Morgan fingerprint density at radius 3 is 1.48 bits per heavy atom. The number of fused-ring (bicyclic) bond motifs is 4. The number of rotatable bonds is 8. The molecule has 0 amide bonds. The first-order valence-corrected chi connectivity index (χ1v) is 13.8. The second kappa shape index (κ2) is 10.9. The summed E-state index contributed by atoms with van der Waals surface area (Å²) in [6, 6.07) is 23.5. The molecule has 6 aromatic rings. The summed E-state index contributed by atoms with van der Waals surface area (Å²) >= 11 is 12.6. The van der Waals surface area contributed by atoms with E-state index in [9.17, 15) is 0 Å². The first-order chi connectivity index (χ1) is 19.4. The summed E-state index contributed by atoms with van der Waals surface area (Å²) in [6.45, 7) is 3.68. The number of benzene rings is 4. The van der Waals surface area contributed by atoms with Gasteiger partial charge in [0.05, 0.1) is 47.7 Å². The number of halogens is 2. The Hall–Kier alpha value is -4.00. The highest BCUT2D eigenvalue weighted by Crippen LogP contribution is 2.36. The molecule has 0 atom stereocenters. The molecule has 2 N–H and O–H groups in total. The highest BCUT2D eigenvalue weighted by atomic mass is 35.5. The lowest BCUT2D eigenvalue weighted by Gasteiger charge is -2.20. The van der Waals surface area contributed by atoms with Crippen molar-refractivity contribution in [3.05, 3.63) is 82.8 Å². The van der Waals surface area contributed by atoms with Crippen molar-refractivity contribution >= 4 is 78.2 Å². The van der Waals surface area contributed by atoms with Gasteiger partial charge in [0.2, 0.25) is 0 Å². The third-order valence-corrected chi connectivity index (χ3v) is 7.61. The number of methoxy groups -OCH3 is 2. The fourth-order valence-corrected chi connectivity index (χ4v) is 5.39. The van der Waals surface area contributed by atoms with E-state index in [1.807, 2.05) is 72.8 Å². The summed E-state index contributed by atoms with van der Waals surface area (Å²) < 4.78 is 11.0. The van der Waals surface area contributed by atoms with Gasteiger partial charge < -0.3 is 20.1 Å². The smallest absolute Gasteiger partial charge is 0.119 e. The van der Waals surface area contributed by atoms with E-state index in [-0.39, 0.29) is 5.92 Å². The van der Waals surface area contributed by atoms with Crippen molar-refractivity contribution in [3.8, 4) is 11.5 Å². The van der Waals surface area contributed by atoms with Gasteiger partial charge in [-0.3, -0.25) is 0 Å². The van der Waals surface area contributed by atoms with E-state index in [1.54, 1.807) is 14.2 Å². The zero-order chi connectivity index (χ0) is 27.8. The summed E-state index contributed by atoms with van der Waals surface area (Å²) in [6.07, 6.45) is 0. The Balaban J connectivity index is 1.31. The van der Waals surface area contributed by atoms with Crippen LogP contribution in [0.5, 0.6) is 11.5 Å². The maximum atomic E-state index is 6.30. The molecule has 0 aliphatic heterocycles. The molecule has 0 aliphatic rings. The quantitative estimate of drug-likeness (QED) is 0.178. The molecule has 6 nitrogen and oxygen atoms in total. The molecule has 0 bridgehead atoms. The van der Waals surface area contributed by atoms with Crippen LogP contribution in [-0.2, 0) is 0 Å². The molecule has 0 saturated heterocycles. The lowest BCUT2D eigenvalue weighted by Crippen LogP contribution is -2.20. The molecule has 0 fully saturated rings. The maximum absolute atomic E-state index is 6.30. The van der Waals surface area contributed by atoms with Gasteiger partial charge in [0.15, 0.2) is 0 Å². The molecule has 2 heterocycles. The van der Waals surface area contributed by atoms with Crippen molar-refractivity contribution in [1.29, 1.82) is 0 Å². The number of hydrogen-bond donors (Lipinski definition) is 2. The van der Waals surface area contributed by atoms with Crippen LogP contribution < -0.4 is 20.1 Å². The highest BCUT2D eigenvalue weighted by molar-refractivity contribution is 6.32. The van der Waals surface area contributed by atoms with Gasteiger partial charge >= 0.3 is 0 Å². The third kappa shape index (κ3) is 5.01. The molecule has 0 saturated carbocycles. The molecular formula is C32H28Cl2N4O2. The number of pyridine rings is 2. The first-order valence-electron chi connectivity index (χ1n) is 13.1. The summed E-state index contributed by atoms with van der Waals surface area (Å²) in [5, 5.41) is 12.8. The van der Waals surface area contributed by atoms with Crippen LogP contribution in [0.3, 0.4) is 0 Å². The lowest BCUT2D eigenvalue weighted by atomic mass is 10.1. The van der Waals surface area contributed by atoms with E-state index in [4.69, 9.17) is 42.6 Å². The van der Waals surface area contributed by atoms with Crippen LogP contribution in [0.15, 0.2) is 72.8 Å². The summed E-state index contributed by atoms with van der Waals surface area (Å²) in [5.41, 5.74) is 5.49.